The van der Waals surface area contributed by atoms with E-state index in [9.17, 15) is 9.90 Å². The molecule has 3 nitrogen and oxygen atoms in total. The molecule has 1 amide bonds. The lowest BCUT2D eigenvalue weighted by Gasteiger charge is -2.27. The van der Waals surface area contributed by atoms with Crippen molar-refractivity contribution >= 4 is 17.2 Å². The van der Waals surface area contributed by atoms with E-state index in [1.807, 2.05) is 36.3 Å². The number of phenolic OH excluding ortho intramolecular Hbond substituents is 1. The van der Waals surface area contributed by atoms with Gasteiger partial charge in [-0.05, 0) is 44.4 Å². The maximum absolute atomic E-state index is 12.7. The Balaban J connectivity index is 2.29. The molecule has 0 spiro atoms. The van der Waals surface area contributed by atoms with Gasteiger partial charge in [-0.3, -0.25) is 4.79 Å². The molecule has 2 aromatic rings. The normalized spacial score (nSPS) is 10.8. The van der Waals surface area contributed by atoms with Crippen LogP contribution < -0.4 is 0 Å². The highest BCUT2D eigenvalue weighted by Crippen LogP contribution is 2.23. The second kappa shape index (κ2) is 6.09. The minimum Gasteiger partial charge on any atom is -0.508 e. The van der Waals surface area contributed by atoms with Crippen LogP contribution in [-0.4, -0.2) is 22.0 Å². The molecule has 4 heteroatoms. The molecule has 0 fully saturated rings. The second-order valence-corrected chi connectivity index (χ2v) is 6.09. The summed E-state index contributed by atoms with van der Waals surface area (Å²) in [5.74, 6) is 0.123. The van der Waals surface area contributed by atoms with Crippen molar-refractivity contribution in [1.29, 1.82) is 0 Å². The smallest absolute Gasteiger partial charge is 0.254 e. The molecule has 1 heterocycles. The maximum atomic E-state index is 12.7. The summed E-state index contributed by atoms with van der Waals surface area (Å²) < 4.78 is 0. The zero-order chi connectivity index (χ0) is 14.7. The average molecular weight is 289 g/mol. The number of carbonyl (C=O) groups excluding carboxylic acids is 1. The van der Waals surface area contributed by atoms with E-state index in [0.29, 0.717) is 17.7 Å². The van der Waals surface area contributed by atoms with Gasteiger partial charge >= 0.3 is 0 Å². The first kappa shape index (κ1) is 14.6. The number of hydrogen-bond acceptors (Lipinski definition) is 3. The Morgan fingerprint density at radius 1 is 1.30 bits per heavy atom. The van der Waals surface area contributed by atoms with Gasteiger partial charge in [-0.2, -0.15) is 0 Å². The third-order valence-corrected chi connectivity index (χ3v) is 4.19. The van der Waals surface area contributed by atoms with Crippen LogP contribution in [0.15, 0.2) is 35.7 Å². The van der Waals surface area contributed by atoms with Crippen LogP contribution in [0.2, 0.25) is 0 Å². The molecule has 0 unspecified atom stereocenters. The number of amides is 1. The highest BCUT2D eigenvalue weighted by atomic mass is 32.1. The summed E-state index contributed by atoms with van der Waals surface area (Å²) in [6, 6.07) is 9.20. The first-order valence-electron chi connectivity index (χ1n) is 6.62. The SMILES string of the molecule is Cc1c(O)cccc1C(=O)N(Cc1cccs1)C(C)C. The van der Waals surface area contributed by atoms with Crippen molar-refractivity contribution in [3.63, 3.8) is 0 Å². The number of nitrogens with zero attached hydrogens (tertiary/aromatic N) is 1. The molecule has 0 saturated carbocycles. The lowest BCUT2D eigenvalue weighted by atomic mass is 10.1. The molecule has 0 radical (unpaired) electrons. The summed E-state index contributed by atoms with van der Waals surface area (Å²) in [5, 5.41) is 11.8. The van der Waals surface area contributed by atoms with Crippen LogP contribution in [0, 0.1) is 6.92 Å². The fourth-order valence-corrected chi connectivity index (χ4v) is 2.77. The number of aromatic hydroxyl groups is 1. The Kier molecular flexibility index (Phi) is 4.45. The number of carbonyl (C=O) groups is 1. The molecule has 0 atom stereocenters. The average Bonchev–Trinajstić information content (AvgIpc) is 2.91. The maximum Gasteiger partial charge on any atom is 0.254 e. The van der Waals surface area contributed by atoms with Crippen LogP contribution in [0.1, 0.15) is 34.6 Å². The molecular weight excluding hydrogens is 270 g/mol. The number of benzene rings is 1. The van der Waals surface area contributed by atoms with Crippen LogP contribution in [0.4, 0.5) is 0 Å². The lowest BCUT2D eigenvalue weighted by Crippen LogP contribution is -2.36. The van der Waals surface area contributed by atoms with E-state index in [1.165, 1.54) is 0 Å². The molecule has 106 valence electrons. The fraction of sp³-hybridized carbons (Fsp3) is 0.312. The Bertz CT molecular complexity index is 591. The van der Waals surface area contributed by atoms with Crippen molar-refractivity contribution in [2.75, 3.05) is 0 Å². The largest absolute Gasteiger partial charge is 0.508 e. The number of thiophene rings is 1. The molecule has 0 bridgehead atoms. The summed E-state index contributed by atoms with van der Waals surface area (Å²) >= 11 is 1.65. The number of phenols is 1. The van der Waals surface area contributed by atoms with E-state index in [0.717, 1.165) is 4.88 Å². The third kappa shape index (κ3) is 3.02. The Morgan fingerprint density at radius 2 is 2.05 bits per heavy atom. The molecule has 2 rings (SSSR count). The van der Waals surface area contributed by atoms with Gasteiger partial charge in [0.05, 0.1) is 6.54 Å². The first-order valence-corrected chi connectivity index (χ1v) is 7.50. The van der Waals surface area contributed by atoms with Gasteiger partial charge in [-0.25, -0.2) is 0 Å². The quantitative estimate of drug-likeness (QED) is 0.929. The van der Waals surface area contributed by atoms with Crippen LogP contribution in [-0.2, 0) is 6.54 Å². The molecule has 20 heavy (non-hydrogen) atoms. The van der Waals surface area contributed by atoms with Crippen molar-refractivity contribution in [1.82, 2.24) is 4.90 Å². The van der Waals surface area contributed by atoms with Gasteiger partial charge in [0.2, 0.25) is 0 Å². The van der Waals surface area contributed by atoms with Crippen molar-refractivity contribution < 1.29 is 9.90 Å². The van der Waals surface area contributed by atoms with Crippen LogP contribution in [0.5, 0.6) is 5.75 Å². The molecule has 0 aliphatic heterocycles. The topological polar surface area (TPSA) is 40.5 Å². The number of rotatable bonds is 4. The standard InChI is InChI=1S/C16H19NO2S/c1-11(2)17(10-13-6-5-9-20-13)16(19)14-7-4-8-15(18)12(14)3/h4-9,11,18H,10H2,1-3H3. The van der Waals surface area contributed by atoms with Crippen molar-refractivity contribution in [2.45, 2.75) is 33.4 Å². The zero-order valence-corrected chi connectivity index (χ0v) is 12.8. The van der Waals surface area contributed by atoms with E-state index >= 15 is 0 Å². The number of hydrogen-bond donors (Lipinski definition) is 1. The van der Waals surface area contributed by atoms with Crippen molar-refractivity contribution in [3.8, 4) is 5.75 Å². The van der Waals surface area contributed by atoms with E-state index in [2.05, 4.69) is 0 Å². The Morgan fingerprint density at radius 3 is 2.65 bits per heavy atom. The van der Waals surface area contributed by atoms with E-state index in [4.69, 9.17) is 0 Å². The fourth-order valence-electron chi connectivity index (χ4n) is 2.07. The van der Waals surface area contributed by atoms with Crippen LogP contribution in [0.3, 0.4) is 0 Å². The first-order chi connectivity index (χ1) is 9.50. The van der Waals surface area contributed by atoms with Gasteiger partial charge in [0.25, 0.3) is 5.91 Å². The highest BCUT2D eigenvalue weighted by molar-refractivity contribution is 7.09. The summed E-state index contributed by atoms with van der Waals surface area (Å²) in [6.45, 7) is 6.38. The predicted octanol–water partition coefficient (Wildman–Crippen LogP) is 3.81. The predicted molar refractivity (Wildman–Crippen MR) is 82.2 cm³/mol. The molecular formula is C16H19NO2S. The van der Waals surface area contributed by atoms with E-state index in [-0.39, 0.29) is 17.7 Å². The summed E-state index contributed by atoms with van der Waals surface area (Å²) in [7, 11) is 0. The van der Waals surface area contributed by atoms with Gasteiger partial charge in [0.15, 0.2) is 0 Å². The summed E-state index contributed by atoms with van der Waals surface area (Å²) in [6.07, 6.45) is 0. The molecule has 0 aliphatic carbocycles. The van der Waals surface area contributed by atoms with E-state index < -0.39 is 0 Å². The summed E-state index contributed by atoms with van der Waals surface area (Å²) in [4.78, 5) is 15.7. The minimum atomic E-state index is -0.0400. The van der Waals surface area contributed by atoms with Crippen LogP contribution in [0.25, 0.3) is 0 Å². The Hall–Kier alpha value is -1.81. The molecule has 1 aromatic heterocycles. The molecule has 0 aliphatic rings. The van der Waals surface area contributed by atoms with Gasteiger partial charge in [0, 0.05) is 22.0 Å². The summed E-state index contributed by atoms with van der Waals surface area (Å²) in [5.41, 5.74) is 1.20. The highest BCUT2D eigenvalue weighted by Gasteiger charge is 2.21. The zero-order valence-electron chi connectivity index (χ0n) is 12.0. The van der Waals surface area contributed by atoms with Gasteiger partial charge < -0.3 is 10.0 Å². The minimum absolute atomic E-state index is 0.0400. The third-order valence-electron chi connectivity index (χ3n) is 3.33. The molecule has 1 N–H and O–H groups in total. The monoisotopic (exact) mass is 289 g/mol. The molecule has 0 saturated heterocycles. The second-order valence-electron chi connectivity index (χ2n) is 5.06. The van der Waals surface area contributed by atoms with Gasteiger partial charge in [-0.1, -0.05) is 12.1 Å². The van der Waals surface area contributed by atoms with Crippen LogP contribution >= 0.6 is 11.3 Å². The molecule has 1 aromatic carbocycles. The van der Waals surface area contributed by atoms with E-state index in [1.54, 1.807) is 36.5 Å². The lowest BCUT2D eigenvalue weighted by molar-refractivity contribution is 0.0691. The van der Waals surface area contributed by atoms with Gasteiger partial charge in [0.1, 0.15) is 5.75 Å². The van der Waals surface area contributed by atoms with Crippen molar-refractivity contribution in [2.24, 2.45) is 0 Å². The Labute approximate surface area is 123 Å². The van der Waals surface area contributed by atoms with Gasteiger partial charge in [-0.15, -0.1) is 11.3 Å². The van der Waals surface area contributed by atoms with Crippen molar-refractivity contribution in [3.05, 3.63) is 51.7 Å².